The SMILES string of the molecule is CCNC(=O)C[C@H](CCC1CCCC1)C(N)=O. The molecule has 4 heteroatoms. The monoisotopic (exact) mass is 240 g/mol. The Balaban J connectivity index is 2.31. The predicted molar refractivity (Wildman–Crippen MR) is 67.2 cm³/mol. The molecule has 0 aliphatic heterocycles. The zero-order valence-electron chi connectivity index (χ0n) is 10.7. The molecule has 0 aromatic rings. The van der Waals surface area contributed by atoms with E-state index in [1.54, 1.807) is 0 Å². The van der Waals surface area contributed by atoms with E-state index in [1.807, 2.05) is 6.92 Å². The molecule has 4 nitrogen and oxygen atoms in total. The minimum atomic E-state index is -0.339. The Bertz CT molecular complexity index is 260. The van der Waals surface area contributed by atoms with Crippen molar-refractivity contribution in [1.29, 1.82) is 0 Å². The Morgan fingerprint density at radius 3 is 2.53 bits per heavy atom. The van der Waals surface area contributed by atoms with Crippen LogP contribution < -0.4 is 11.1 Å². The first-order valence-corrected chi connectivity index (χ1v) is 6.69. The molecular weight excluding hydrogens is 216 g/mol. The number of hydrogen-bond acceptors (Lipinski definition) is 2. The van der Waals surface area contributed by atoms with Gasteiger partial charge in [-0.15, -0.1) is 0 Å². The summed E-state index contributed by atoms with van der Waals surface area (Å²) < 4.78 is 0. The second kappa shape index (κ2) is 7.30. The van der Waals surface area contributed by atoms with Crippen molar-refractivity contribution in [3.63, 3.8) is 0 Å². The third kappa shape index (κ3) is 5.20. The fourth-order valence-corrected chi connectivity index (χ4v) is 2.57. The minimum Gasteiger partial charge on any atom is -0.369 e. The van der Waals surface area contributed by atoms with Crippen LogP contribution in [0.15, 0.2) is 0 Å². The molecule has 98 valence electrons. The molecule has 2 amide bonds. The molecule has 0 spiro atoms. The molecule has 0 unspecified atom stereocenters. The fraction of sp³-hybridized carbons (Fsp3) is 0.846. The van der Waals surface area contributed by atoms with Crippen molar-refractivity contribution in [2.45, 2.75) is 51.9 Å². The third-order valence-electron chi connectivity index (χ3n) is 3.61. The summed E-state index contributed by atoms with van der Waals surface area (Å²) in [4.78, 5) is 22.7. The van der Waals surface area contributed by atoms with E-state index in [9.17, 15) is 9.59 Å². The number of carbonyl (C=O) groups is 2. The van der Waals surface area contributed by atoms with Gasteiger partial charge in [0.1, 0.15) is 0 Å². The highest BCUT2D eigenvalue weighted by molar-refractivity contribution is 5.84. The maximum atomic E-state index is 11.4. The van der Waals surface area contributed by atoms with Gasteiger partial charge in [0.15, 0.2) is 0 Å². The first-order valence-electron chi connectivity index (χ1n) is 6.69. The lowest BCUT2D eigenvalue weighted by molar-refractivity contribution is -0.128. The van der Waals surface area contributed by atoms with Crippen molar-refractivity contribution >= 4 is 11.8 Å². The van der Waals surface area contributed by atoms with Crippen LogP contribution >= 0.6 is 0 Å². The number of rotatable bonds is 7. The highest BCUT2D eigenvalue weighted by Gasteiger charge is 2.22. The van der Waals surface area contributed by atoms with Gasteiger partial charge in [0.05, 0.1) is 0 Å². The summed E-state index contributed by atoms with van der Waals surface area (Å²) >= 11 is 0. The molecule has 1 aliphatic carbocycles. The minimum absolute atomic E-state index is 0.0669. The number of nitrogens with one attached hydrogen (secondary N) is 1. The smallest absolute Gasteiger partial charge is 0.221 e. The van der Waals surface area contributed by atoms with E-state index in [1.165, 1.54) is 25.7 Å². The number of primary amides is 1. The summed E-state index contributed by atoms with van der Waals surface area (Å²) in [5, 5.41) is 2.71. The summed E-state index contributed by atoms with van der Waals surface area (Å²) in [5.41, 5.74) is 5.35. The van der Waals surface area contributed by atoms with Crippen molar-refractivity contribution in [2.24, 2.45) is 17.6 Å². The maximum absolute atomic E-state index is 11.4. The number of amides is 2. The van der Waals surface area contributed by atoms with E-state index in [4.69, 9.17) is 5.73 Å². The van der Waals surface area contributed by atoms with E-state index in [2.05, 4.69) is 5.32 Å². The topological polar surface area (TPSA) is 72.2 Å². The van der Waals surface area contributed by atoms with Crippen molar-refractivity contribution in [3.05, 3.63) is 0 Å². The van der Waals surface area contributed by atoms with E-state index >= 15 is 0 Å². The molecule has 17 heavy (non-hydrogen) atoms. The Hall–Kier alpha value is -1.06. The van der Waals surface area contributed by atoms with Crippen molar-refractivity contribution in [3.8, 4) is 0 Å². The van der Waals surface area contributed by atoms with Gasteiger partial charge in [-0.1, -0.05) is 25.7 Å². The van der Waals surface area contributed by atoms with Crippen LogP contribution in [-0.2, 0) is 9.59 Å². The van der Waals surface area contributed by atoms with E-state index in [-0.39, 0.29) is 24.2 Å². The molecule has 1 atom stereocenters. The Morgan fingerprint density at radius 1 is 1.35 bits per heavy atom. The molecule has 1 rings (SSSR count). The highest BCUT2D eigenvalue weighted by Crippen LogP contribution is 2.30. The van der Waals surface area contributed by atoms with Crippen LogP contribution in [0.5, 0.6) is 0 Å². The molecule has 0 heterocycles. The summed E-state index contributed by atoms with van der Waals surface area (Å²) in [7, 11) is 0. The zero-order valence-corrected chi connectivity index (χ0v) is 10.7. The molecule has 1 saturated carbocycles. The van der Waals surface area contributed by atoms with Crippen LogP contribution in [0.2, 0.25) is 0 Å². The van der Waals surface area contributed by atoms with Crippen LogP contribution in [-0.4, -0.2) is 18.4 Å². The fourth-order valence-electron chi connectivity index (χ4n) is 2.57. The standard InChI is InChI=1S/C13H24N2O2/c1-2-15-12(16)9-11(13(14)17)8-7-10-5-3-4-6-10/h10-11H,2-9H2,1H3,(H2,14,17)(H,15,16)/t11-/m0/s1. The van der Waals surface area contributed by atoms with E-state index < -0.39 is 0 Å². The van der Waals surface area contributed by atoms with Gasteiger partial charge in [0.2, 0.25) is 11.8 Å². The number of nitrogens with two attached hydrogens (primary N) is 1. The predicted octanol–water partition coefficient (Wildman–Crippen LogP) is 1.58. The third-order valence-corrected chi connectivity index (χ3v) is 3.61. The van der Waals surface area contributed by atoms with Gasteiger partial charge in [-0.05, 0) is 25.7 Å². The first kappa shape index (κ1) is 14.0. The van der Waals surface area contributed by atoms with Crippen LogP contribution in [0.3, 0.4) is 0 Å². The van der Waals surface area contributed by atoms with Gasteiger partial charge in [0, 0.05) is 18.9 Å². The average Bonchev–Trinajstić information content (AvgIpc) is 2.77. The summed E-state index contributed by atoms with van der Waals surface area (Å²) in [6, 6.07) is 0. The van der Waals surface area contributed by atoms with Crippen LogP contribution in [0.1, 0.15) is 51.9 Å². The Labute approximate surface area is 103 Å². The van der Waals surface area contributed by atoms with Gasteiger partial charge in [-0.2, -0.15) is 0 Å². The van der Waals surface area contributed by atoms with E-state index in [0.717, 1.165) is 18.8 Å². The van der Waals surface area contributed by atoms with E-state index in [0.29, 0.717) is 6.54 Å². The van der Waals surface area contributed by atoms with Gasteiger partial charge in [-0.3, -0.25) is 9.59 Å². The van der Waals surface area contributed by atoms with Crippen molar-refractivity contribution < 1.29 is 9.59 Å². The summed E-state index contributed by atoms with van der Waals surface area (Å²) in [6.07, 6.45) is 7.20. The molecule has 1 fully saturated rings. The molecule has 0 bridgehead atoms. The number of carbonyl (C=O) groups excluding carboxylic acids is 2. The van der Waals surface area contributed by atoms with Gasteiger partial charge in [0.25, 0.3) is 0 Å². The van der Waals surface area contributed by atoms with Gasteiger partial charge >= 0.3 is 0 Å². The lowest BCUT2D eigenvalue weighted by Crippen LogP contribution is -2.31. The zero-order chi connectivity index (χ0) is 12.7. The second-order valence-corrected chi connectivity index (χ2v) is 4.98. The number of hydrogen-bond donors (Lipinski definition) is 2. The molecule has 3 N–H and O–H groups in total. The van der Waals surface area contributed by atoms with Crippen molar-refractivity contribution in [1.82, 2.24) is 5.32 Å². The molecule has 0 saturated heterocycles. The Kier molecular flexibility index (Phi) is 6.01. The first-order chi connectivity index (χ1) is 8.13. The average molecular weight is 240 g/mol. The largest absolute Gasteiger partial charge is 0.369 e. The maximum Gasteiger partial charge on any atom is 0.221 e. The summed E-state index contributed by atoms with van der Waals surface area (Å²) in [5.74, 6) is 0.0465. The van der Waals surface area contributed by atoms with Crippen molar-refractivity contribution in [2.75, 3.05) is 6.54 Å². The summed E-state index contributed by atoms with van der Waals surface area (Å²) in [6.45, 7) is 2.47. The highest BCUT2D eigenvalue weighted by atomic mass is 16.2. The molecule has 0 radical (unpaired) electrons. The van der Waals surface area contributed by atoms with Crippen LogP contribution in [0.25, 0.3) is 0 Å². The quantitative estimate of drug-likeness (QED) is 0.709. The van der Waals surface area contributed by atoms with Gasteiger partial charge < -0.3 is 11.1 Å². The molecule has 1 aliphatic rings. The molecule has 0 aromatic heterocycles. The van der Waals surface area contributed by atoms with Crippen LogP contribution in [0, 0.1) is 11.8 Å². The molecule has 0 aromatic carbocycles. The second-order valence-electron chi connectivity index (χ2n) is 4.98. The normalized spacial score (nSPS) is 17.9. The van der Waals surface area contributed by atoms with Gasteiger partial charge in [-0.25, -0.2) is 0 Å². The Morgan fingerprint density at radius 2 is 2.00 bits per heavy atom. The lowest BCUT2D eigenvalue weighted by atomic mass is 9.92. The van der Waals surface area contributed by atoms with Crippen LogP contribution in [0.4, 0.5) is 0 Å². The molecular formula is C13H24N2O2. The lowest BCUT2D eigenvalue weighted by Gasteiger charge is -2.15.